The number of amides is 2. The maximum atomic E-state index is 13.5. The van der Waals surface area contributed by atoms with Crippen LogP contribution in [0.5, 0.6) is 5.75 Å². The van der Waals surface area contributed by atoms with Gasteiger partial charge in [-0.25, -0.2) is 9.37 Å². The fourth-order valence-corrected chi connectivity index (χ4v) is 3.26. The molecule has 1 fully saturated rings. The van der Waals surface area contributed by atoms with E-state index in [4.69, 9.17) is 4.74 Å². The van der Waals surface area contributed by atoms with Gasteiger partial charge in [-0.05, 0) is 41.8 Å². The van der Waals surface area contributed by atoms with E-state index in [9.17, 15) is 14.0 Å². The van der Waals surface area contributed by atoms with Gasteiger partial charge in [0, 0.05) is 37.7 Å². The van der Waals surface area contributed by atoms with Crippen molar-refractivity contribution in [3.63, 3.8) is 0 Å². The smallest absolute Gasteiger partial charge is 0.246 e. The van der Waals surface area contributed by atoms with Crippen LogP contribution in [0.1, 0.15) is 17.5 Å². The number of hydrogen-bond acceptors (Lipinski definition) is 4. The summed E-state index contributed by atoms with van der Waals surface area (Å²) in [6.45, 7) is 1.56. The lowest BCUT2D eigenvalue weighted by Gasteiger charge is -2.38. The molecule has 3 heterocycles. The van der Waals surface area contributed by atoms with Crippen LogP contribution >= 0.6 is 0 Å². The maximum Gasteiger partial charge on any atom is 0.246 e. The van der Waals surface area contributed by atoms with E-state index >= 15 is 0 Å². The molecule has 0 atom stereocenters. The van der Waals surface area contributed by atoms with Gasteiger partial charge in [-0.15, -0.1) is 0 Å². The number of nitrogens with one attached hydrogen (secondary N) is 1. The molecule has 0 bridgehead atoms. The second-order valence-corrected chi connectivity index (χ2v) is 7.01. The highest BCUT2D eigenvalue weighted by atomic mass is 19.1. The van der Waals surface area contributed by atoms with Crippen LogP contribution in [0.2, 0.25) is 0 Å². The minimum atomic E-state index is -0.379. The molecule has 144 valence electrons. The van der Waals surface area contributed by atoms with Gasteiger partial charge in [-0.2, -0.15) is 0 Å². The van der Waals surface area contributed by atoms with E-state index in [2.05, 4.69) is 10.3 Å². The normalized spacial score (nSPS) is 16.5. The molecule has 0 saturated carbocycles. The van der Waals surface area contributed by atoms with E-state index in [1.165, 1.54) is 12.1 Å². The number of aryl methyl sites for hydroxylation is 1. The van der Waals surface area contributed by atoms with Gasteiger partial charge in [-0.1, -0.05) is 12.1 Å². The third kappa shape index (κ3) is 4.03. The number of carbonyl (C=O) groups excluding carboxylic acids is 2. The summed E-state index contributed by atoms with van der Waals surface area (Å²) < 4.78 is 19.0. The van der Waals surface area contributed by atoms with Gasteiger partial charge in [0.2, 0.25) is 11.8 Å². The number of rotatable bonds is 5. The first-order chi connectivity index (χ1) is 13.6. The molecule has 28 heavy (non-hydrogen) atoms. The number of anilines is 1. The van der Waals surface area contributed by atoms with Crippen molar-refractivity contribution in [1.29, 1.82) is 0 Å². The van der Waals surface area contributed by atoms with Crippen LogP contribution < -0.4 is 10.1 Å². The van der Waals surface area contributed by atoms with Gasteiger partial charge >= 0.3 is 0 Å². The summed E-state index contributed by atoms with van der Waals surface area (Å²) in [4.78, 5) is 29.6. The number of ether oxygens (including phenoxy) is 1. The summed E-state index contributed by atoms with van der Waals surface area (Å²) in [5.41, 5.74) is 1.80. The van der Waals surface area contributed by atoms with Crippen molar-refractivity contribution >= 4 is 23.7 Å². The molecule has 1 saturated heterocycles. The molecule has 7 heteroatoms. The van der Waals surface area contributed by atoms with E-state index in [0.717, 1.165) is 11.1 Å². The third-order valence-electron chi connectivity index (χ3n) is 4.87. The fourth-order valence-electron chi connectivity index (χ4n) is 3.26. The number of hydrogen-bond donors (Lipinski definition) is 1. The summed E-state index contributed by atoms with van der Waals surface area (Å²) in [6, 6.07) is 8.24. The number of carbonyl (C=O) groups is 2. The number of para-hydroxylation sites is 1. The predicted molar refractivity (Wildman–Crippen MR) is 102 cm³/mol. The summed E-state index contributed by atoms with van der Waals surface area (Å²) in [5, 5.41) is 2.74. The summed E-state index contributed by atoms with van der Waals surface area (Å²) >= 11 is 0. The standard InChI is InChI=1S/C21H20FN3O3/c22-17-3-1-2-4-18(17)28-13-15-11-25(12-15)20(27)8-5-14-9-16-6-7-19(26)24-21(16)23-10-14/h1-5,8-10,15H,6-7,11-13H2,(H,23,24,26)/b8-5+. The number of nitrogens with zero attached hydrogens (tertiary/aromatic N) is 2. The van der Waals surface area contributed by atoms with Crippen molar-refractivity contribution in [3.05, 3.63) is 59.5 Å². The molecule has 6 nitrogen and oxygen atoms in total. The average Bonchev–Trinajstić information content (AvgIpc) is 2.66. The zero-order chi connectivity index (χ0) is 19.5. The van der Waals surface area contributed by atoms with E-state index in [1.54, 1.807) is 35.4 Å². The maximum absolute atomic E-state index is 13.5. The summed E-state index contributed by atoms with van der Waals surface area (Å²) in [7, 11) is 0. The molecule has 1 aromatic heterocycles. The molecule has 0 aliphatic carbocycles. The predicted octanol–water partition coefficient (Wildman–Crippen LogP) is 2.66. The number of fused-ring (bicyclic) bond motifs is 1. The number of halogens is 1. The van der Waals surface area contributed by atoms with Crippen molar-refractivity contribution in [1.82, 2.24) is 9.88 Å². The Kier molecular flexibility index (Phi) is 5.06. The van der Waals surface area contributed by atoms with Gasteiger partial charge < -0.3 is 15.0 Å². The van der Waals surface area contributed by atoms with Crippen LogP contribution in [-0.4, -0.2) is 41.4 Å². The monoisotopic (exact) mass is 381 g/mol. The van der Waals surface area contributed by atoms with Crippen LogP contribution in [0, 0.1) is 11.7 Å². The highest BCUT2D eigenvalue weighted by Gasteiger charge is 2.30. The molecule has 1 aromatic carbocycles. The van der Waals surface area contributed by atoms with Gasteiger partial charge in [0.15, 0.2) is 11.6 Å². The zero-order valence-corrected chi connectivity index (χ0v) is 15.2. The van der Waals surface area contributed by atoms with Gasteiger partial charge in [0.25, 0.3) is 0 Å². The fraction of sp³-hybridized carbons (Fsp3) is 0.286. The number of aromatic nitrogens is 1. The Hall–Kier alpha value is -3.22. The van der Waals surface area contributed by atoms with Crippen LogP contribution in [0.25, 0.3) is 6.08 Å². The first-order valence-electron chi connectivity index (χ1n) is 9.21. The zero-order valence-electron chi connectivity index (χ0n) is 15.2. The number of likely N-dealkylation sites (tertiary alicyclic amines) is 1. The number of pyridine rings is 1. The van der Waals surface area contributed by atoms with Crippen molar-refractivity contribution in [3.8, 4) is 5.75 Å². The number of benzene rings is 1. The first-order valence-corrected chi connectivity index (χ1v) is 9.21. The summed E-state index contributed by atoms with van der Waals surface area (Å²) in [5.74, 6) is 0.559. The van der Waals surface area contributed by atoms with Gasteiger partial charge in [0.05, 0.1) is 6.61 Å². The van der Waals surface area contributed by atoms with E-state index in [0.29, 0.717) is 38.4 Å². The largest absolute Gasteiger partial charge is 0.490 e. The molecular formula is C21H20FN3O3. The Morgan fingerprint density at radius 3 is 2.96 bits per heavy atom. The Morgan fingerprint density at radius 2 is 2.14 bits per heavy atom. The molecule has 2 aromatic rings. The van der Waals surface area contributed by atoms with Crippen molar-refractivity contribution in [2.24, 2.45) is 5.92 Å². The molecule has 2 amide bonds. The van der Waals surface area contributed by atoms with Crippen molar-refractivity contribution in [2.75, 3.05) is 25.0 Å². The molecule has 2 aliphatic rings. The molecule has 4 rings (SSSR count). The minimum Gasteiger partial charge on any atom is -0.490 e. The topological polar surface area (TPSA) is 71.5 Å². The Bertz CT molecular complexity index is 938. The third-order valence-corrected chi connectivity index (χ3v) is 4.87. The van der Waals surface area contributed by atoms with Crippen LogP contribution in [0.15, 0.2) is 42.6 Å². The molecule has 2 aliphatic heterocycles. The Morgan fingerprint density at radius 1 is 1.32 bits per heavy atom. The lowest BCUT2D eigenvalue weighted by Crippen LogP contribution is -2.51. The lowest BCUT2D eigenvalue weighted by atomic mass is 10.0. The Labute approximate surface area is 162 Å². The lowest BCUT2D eigenvalue weighted by molar-refractivity contribution is -0.132. The second-order valence-electron chi connectivity index (χ2n) is 7.01. The SMILES string of the molecule is O=C1CCc2cc(/C=C/C(=O)N3CC(COc4ccccc4F)C3)cnc2N1. The van der Waals surface area contributed by atoms with Crippen LogP contribution in [0.4, 0.5) is 10.2 Å². The summed E-state index contributed by atoms with van der Waals surface area (Å²) in [6.07, 6.45) is 5.99. The molecule has 1 N–H and O–H groups in total. The molecular weight excluding hydrogens is 361 g/mol. The van der Waals surface area contributed by atoms with Gasteiger partial charge in [0.1, 0.15) is 5.82 Å². The van der Waals surface area contributed by atoms with E-state index < -0.39 is 0 Å². The van der Waals surface area contributed by atoms with Crippen molar-refractivity contribution < 1.29 is 18.7 Å². The quantitative estimate of drug-likeness (QED) is 0.809. The van der Waals surface area contributed by atoms with Gasteiger partial charge in [-0.3, -0.25) is 9.59 Å². The molecule has 0 unspecified atom stereocenters. The average molecular weight is 381 g/mol. The van der Waals surface area contributed by atoms with Crippen LogP contribution in [-0.2, 0) is 16.0 Å². The van der Waals surface area contributed by atoms with Crippen LogP contribution in [0.3, 0.4) is 0 Å². The first kappa shape index (κ1) is 18.2. The van der Waals surface area contributed by atoms with E-state index in [-0.39, 0.29) is 29.3 Å². The van der Waals surface area contributed by atoms with E-state index in [1.807, 2.05) is 6.07 Å². The van der Waals surface area contributed by atoms with Crippen molar-refractivity contribution in [2.45, 2.75) is 12.8 Å². The molecule has 0 radical (unpaired) electrons. The molecule has 0 spiro atoms. The second kappa shape index (κ2) is 7.80. The highest BCUT2D eigenvalue weighted by molar-refractivity contribution is 5.94. The Balaban J connectivity index is 1.26. The minimum absolute atomic E-state index is 0.0233. The highest BCUT2D eigenvalue weighted by Crippen LogP contribution is 2.23.